The van der Waals surface area contributed by atoms with E-state index in [4.69, 9.17) is 9.47 Å². The van der Waals surface area contributed by atoms with Crippen molar-refractivity contribution < 1.29 is 9.47 Å². The van der Waals surface area contributed by atoms with Crippen molar-refractivity contribution in [2.24, 2.45) is 0 Å². The normalized spacial score (nSPS) is 10.3. The second-order valence-corrected chi connectivity index (χ2v) is 4.52. The Morgan fingerprint density at radius 3 is 2.48 bits per heavy atom. The molecule has 112 valence electrons. The van der Waals surface area contributed by atoms with E-state index < -0.39 is 0 Å². The molecule has 0 amide bonds. The highest BCUT2D eigenvalue weighted by Gasteiger charge is 2.12. The predicted molar refractivity (Wildman–Crippen MR) is 84.1 cm³/mol. The Morgan fingerprint density at radius 1 is 1.05 bits per heavy atom. The quantitative estimate of drug-likeness (QED) is 0.884. The lowest BCUT2D eigenvalue weighted by Crippen LogP contribution is -2.04. The summed E-state index contributed by atoms with van der Waals surface area (Å²) >= 11 is 0. The van der Waals surface area contributed by atoms with E-state index in [2.05, 4.69) is 22.2 Å². The third-order valence-electron chi connectivity index (χ3n) is 3.15. The maximum absolute atomic E-state index is 5.44. The van der Waals surface area contributed by atoms with Gasteiger partial charge < -0.3 is 14.8 Å². The smallest absolute Gasteiger partial charge is 0.165 e. The Kier molecular flexibility index (Phi) is 4.98. The maximum Gasteiger partial charge on any atom is 0.165 e. The van der Waals surface area contributed by atoms with Crippen LogP contribution in [0, 0.1) is 0 Å². The van der Waals surface area contributed by atoms with Crippen molar-refractivity contribution in [3.05, 3.63) is 30.0 Å². The first-order chi connectivity index (χ1) is 10.2. The molecule has 0 unspecified atom stereocenters. The van der Waals surface area contributed by atoms with Crippen molar-refractivity contribution in [1.29, 1.82) is 0 Å². The summed E-state index contributed by atoms with van der Waals surface area (Å²) in [4.78, 5) is 9.16. The Labute approximate surface area is 125 Å². The summed E-state index contributed by atoms with van der Waals surface area (Å²) in [6.07, 6.45) is 0.854. The van der Waals surface area contributed by atoms with E-state index in [-0.39, 0.29) is 0 Å². The van der Waals surface area contributed by atoms with Gasteiger partial charge in [-0.2, -0.15) is 0 Å². The SMILES string of the molecule is CCNc1cc(CC)nc(-c2ccc(OC)cc2OC)n1. The monoisotopic (exact) mass is 287 g/mol. The minimum Gasteiger partial charge on any atom is -0.497 e. The number of benzene rings is 1. The molecule has 0 aliphatic carbocycles. The molecule has 0 atom stereocenters. The molecule has 2 rings (SSSR count). The highest BCUT2D eigenvalue weighted by molar-refractivity contribution is 5.67. The highest BCUT2D eigenvalue weighted by atomic mass is 16.5. The van der Waals surface area contributed by atoms with Gasteiger partial charge >= 0.3 is 0 Å². The predicted octanol–water partition coefficient (Wildman–Crippen LogP) is 3.16. The first kappa shape index (κ1) is 15.1. The van der Waals surface area contributed by atoms with Gasteiger partial charge in [0.15, 0.2) is 5.82 Å². The third-order valence-corrected chi connectivity index (χ3v) is 3.15. The molecule has 2 aromatic rings. The van der Waals surface area contributed by atoms with Crippen LogP contribution in [0.4, 0.5) is 5.82 Å². The number of nitrogens with zero attached hydrogens (tertiary/aromatic N) is 2. The minimum atomic E-state index is 0.657. The summed E-state index contributed by atoms with van der Waals surface area (Å²) in [5.74, 6) is 2.93. The summed E-state index contributed by atoms with van der Waals surface area (Å²) in [5, 5.41) is 3.24. The Bertz CT molecular complexity index is 614. The van der Waals surface area contributed by atoms with Crippen LogP contribution >= 0.6 is 0 Å². The molecular formula is C16H21N3O2. The van der Waals surface area contributed by atoms with Crippen LogP contribution in [0.5, 0.6) is 11.5 Å². The number of anilines is 1. The van der Waals surface area contributed by atoms with Gasteiger partial charge in [0.25, 0.3) is 0 Å². The topological polar surface area (TPSA) is 56.3 Å². The van der Waals surface area contributed by atoms with Crippen LogP contribution in [0.15, 0.2) is 24.3 Å². The summed E-state index contributed by atoms with van der Waals surface area (Å²) in [7, 11) is 3.26. The van der Waals surface area contributed by atoms with Crippen molar-refractivity contribution >= 4 is 5.82 Å². The minimum absolute atomic E-state index is 0.657. The molecule has 0 aliphatic rings. The van der Waals surface area contributed by atoms with Crippen LogP contribution in [-0.2, 0) is 6.42 Å². The fourth-order valence-electron chi connectivity index (χ4n) is 2.05. The van der Waals surface area contributed by atoms with Gasteiger partial charge in [0.2, 0.25) is 0 Å². The second-order valence-electron chi connectivity index (χ2n) is 4.52. The van der Waals surface area contributed by atoms with Gasteiger partial charge in [-0.1, -0.05) is 6.92 Å². The second kappa shape index (κ2) is 6.92. The van der Waals surface area contributed by atoms with Gasteiger partial charge in [0, 0.05) is 24.4 Å². The molecule has 1 aromatic carbocycles. The summed E-state index contributed by atoms with van der Waals surface area (Å²) < 4.78 is 10.7. The Balaban J connectivity index is 2.52. The molecule has 0 radical (unpaired) electrons. The largest absolute Gasteiger partial charge is 0.497 e. The molecule has 0 saturated heterocycles. The van der Waals surface area contributed by atoms with Crippen LogP contribution < -0.4 is 14.8 Å². The summed E-state index contributed by atoms with van der Waals surface area (Å²) in [6, 6.07) is 7.61. The number of hydrogen-bond acceptors (Lipinski definition) is 5. The zero-order valence-electron chi connectivity index (χ0n) is 12.9. The highest BCUT2D eigenvalue weighted by Crippen LogP contribution is 2.32. The van der Waals surface area contributed by atoms with E-state index in [1.807, 2.05) is 31.2 Å². The zero-order valence-corrected chi connectivity index (χ0v) is 12.9. The van der Waals surface area contributed by atoms with Crippen molar-refractivity contribution in [1.82, 2.24) is 9.97 Å². The lowest BCUT2D eigenvalue weighted by atomic mass is 10.1. The van der Waals surface area contributed by atoms with Crippen molar-refractivity contribution in [2.45, 2.75) is 20.3 Å². The van der Waals surface area contributed by atoms with E-state index in [0.29, 0.717) is 11.6 Å². The summed E-state index contributed by atoms with van der Waals surface area (Å²) in [5.41, 5.74) is 1.85. The van der Waals surface area contributed by atoms with Gasteiger partial charge in [-0.3, -0.25) is 0 Å². The molecule has 21 heavy (non-hydrogen) atoms. The lowest BCUT2D eigenvalue weighted by molar-refractivity contribution is 0.395. The molecular weight excluding hydrogens is 266 g/mol. The molecule has 0 aliphatic heterocycles. The van der Waals surface area contributed by atoms with E-state index in [0.717, 1.165) is 35.8 Å². The molecule has 0 saturated carbocycles. The standard InChI is InChI=1S/C16H21N3O2/c1-5-11-9-15(17-6-2)19-16(18-11)13-8-7-12(20-3)10-14(13)21-4/h7-10H,5-6H2,1-4H3,(H,17,18,19). The van der Waals surface area contributed by atoms with Gasteiger partial charge in [0.05, 0.1) is 19.8 Å². The van der Waals surface area contributed by atoms with Crippen molar-refractivity contribution in [3.8, 4) is 22.9 Å². The lowest BCUT2D eigenvalue weighted by Gasteiger charge is -2.12. The number of rotatable bonds is 6. The van der Waals surface area contributed by atoms with Gasteiger partial charge in [-0.05, 0) is 25.5 Å². The molecule has 1 aromatic heterocycles. The van der Waals surface area contributed by atoms with Crippen LogP contribution in [0.1, 0.15) is 19.5 Å². The van der Waals surface area contributed by atoms with Crippen LogP contribution in [0.25, 0.3) is 11.4 Å². The average Bonchev–Trinajstić information content (AvgIpc) is 2.54. The van der Waals surface area contributed by atoms with Crippen LogP contribution in [0.2, 0.25) is 0 Å². The molecule has 0 fully saturated rings. The molecule has 0 bridgehead atoms. The number of aryl methyl sites for hydroxylation is 1. The number of nitrogens with one attached hydrogen (secondary N) is 1. The summed E-state index contributed by atoms with van der Waals surface area (Å²) in [6.45, 7) is 4.94. The van der Waals surface area contributed by atoms with E-state index >= 15 is 0 Å². The molecule has 1 heterocycles. The number of ether oxygens (including phenoxy) is 2. The Hall–Kier alpha value is -2.30. The molecule has 1 N–H and O–H groups in total. The number of aromatic nitrogens is 2. The third kappa shape index (κ3) is 3.42. The van der Waals surface area contributed by atoms with E-state index in [1.165, 1.54) is 0 Å². The molecule has 5 heteroatoms. The van der Waals surface area contributed by atoms with Crippen molar-refractivity contribution in [3.63, 3.8) is 0 Å². The first-order valence-corrected chi connectivity index (χ1v) is 7.06. The number of hydrogen-bond donors (Lipinski definition) is 1. The van der Waals surface area contributed by atoms with Gasteiger partial charge in [-0.25, -0.2) is 9.97 Å². The molecule has 5 nitrogen and oxygen atoms in total. The van der Waals surface area contributed by atoms with Gasteiger partial charge in [0.1, 0.15) is 17.3 Å². The first-order valence-electron chi connectivity index (χ1n) is 7.06. The van der Waals surface area contributed by atoms with E-state index in [9.17, 15) is 0 Å². The van der Waals surface area contributed by atoms with Crippen LogP contribution in [-0.4, -0.2) is 30.7 Å². The van der Waals surface area contributed by atoms with E-state index in [1.54, 1.807) is 14.2 Å². The zero-order chi connectivity index (χ0) is 15.2. The van der Waals surface area contributed by atoms with Crippen LogP contribution in [0.3, 0.4) is 0 Å². The van der Waals surface area contributed by atoms with Crippen molar-refractivity contribution in [2.75, 3.05) is 26.1 Å². The van der Waals surface area contributed by atoms with Gasteiger partial charge in [-0.15, -0.1) is 0 Å². The fourth-order valence-corrected chi connectivity index (χ4v) is 2.05. The fraction of sp³-hybridized carbons (Fsp3) is 0.375. The average molecular weight is 287 g/mol. The maximum atomic E-state index is 5.44. The molecule has 0 spiro atoms. The Morgan fingerprint density at radius 2 is 1.86 bits per heavy atom. The number of methoxy groups -OCH3 is 2.